The fourth-order valence-electron chi connectivity index (χ4n) is 2.60. The van der Waals surface area contributed by atoms with Crippen LogP contribution in [0.2, 0.25) is 0 Å². The van der Waals surface area contributed by atoms with Gasteiger partial charge in [-0.25, -0.2) is 14.1 Å². The van der Waals surface area contributed by atoms with Gasteiger partial charge in [-0.15, -0.1) is 24.0 Å². The predicted octanol–water partition coefficient (Wildman–Crippen LogP) is 3.23. The summed E-state index contributed by atoms with van der Waals surface area (Å²) in [5.41, 5.74) is 2.09. The molecule has 0 aliphatic carbocycles. The lowest BCUT2D eigenvalue weighted by molar-refractivity contribution is 0.476. The van der Waals surface area contributed by atoms with Crippen LogP contribution in [0.5, 0.6) is 0 Å². The highest BCUT2D eigenvalue weighted by Crippen LogP contribution is 2.08. The molecule has 1 aromatic carbocycles. The van der Waals surface area contributed by atoms with Crippen molar-refractivity contribution >= 4 is 29.9 Å². The van der Waals surface area contributed by atoms with E-state index in [0.717, 1.165) is 22.9 Å². The van der Waals surface area contributed by atoms with Gasteiger partial charge in [0.2, 0.25) is 0 Å². The van der Waals surface area contributed by atoms with Gasteiger partial charge in [0.1, 0.15) is 5.82 Å². The highest BCUT2D eigenvalue weighted by molar-refractivity contribution is 14.0. The molecule has 0 amide bonds. The fourth-order valence-corrected chi connectivity index (χ4v) is 2.60. The van der Waals surface area contributed by atoms with Crippen LogP contribution in [0.1, 0.15) is 11.1 Å². The minimum absolute atomic E-state index is 0. The van der Waals surface area contributed by atoms with E-state index in [1.807, 2.05) is 36.3 Å². The summed E-state index contributed by atoms with van der Waals surface area (Å²) >= 11 is 0. The maximum Gasteiger partial charge on any atom is 0.193 e. The monoisotopic (exact) mass is 480 g/mol. The van der Waals surface area contributed by atoms with E-state index < -0.39 is 0 Å². The van der Waals surface area contributed by atoms with Gasteiger partial charge in [0.25, 0.3) is 0 Å². The maximum absolute atomic E-state index is 13.0. The van der Waals surface area contributed by atoms with Gasteiger partial charge in [-0.1, -0.05) is 12.1 Å². The Labute approximate surface area is 175 Å². The Balaban J connectivity index is 0.00000261. The number of aliphatic imine (C=N–C) groups is 1. The number of halogens is 2. The number of nitrogens with one attached hydrogen (secondary N) is 1. The normalized spacial score (nSPS) is 11.0. The molecule has 2 aromatic heterocycles. The highest BCUT2D eigenvalue weighted by atomic mass is 127. The molecule has 27 heavy (non-hydrogen) atoms. The van der Waals surface area contributed by atoms with Crippen LogP contribution in [0.25, 0.3) is 5.82 Å². The van der Waals surface area contributed by atoms with E-state index >= 15 is 0 Å². The van der Waals surface area contributed by atoms with E-state index in [2.05, 4.69) is 20.4 Å². The molecule has 0 aliphatic rings. The molecule has 0 bridgehead atoms. The number of hydrogen-bond donors (Lipinski definition) is 1. The lowest BCUT2D eigenvalue weighted by atomic mass is 10.2. The van der Waals surface area contributed by atoms with Crippen molar-refractivity contribution in [1.82, 2.24) is 25.0 Å². The smallest absolute Gasteiger partial charge is 0.193 e. The van der Waals surface area contributed by atoms with Gasteiger partial charge in [0.05, 0.1) is 0 Å². The van der Waals surface area contributed by atoms with Gasteiger partial charge in [-0.2, -0.15) is 5.10 Å². The second-order valence-electron chi connectivity index (χ2n) is 5.86. The number of benzene rings is 1. The molecule has 0 radical (unpaired) electrons. The van der Waals surface area contributed by atoms with Crippen LogP contribution in [0.15, 0.2) is 66.0 Å². The molecule has 0 saturated heterocycles. The van der Waals surface area contributed by atoms with E-state index in [1.54, 1.807) is 36.3 Å². The lowest BCUT2D eigenvalue weighted by Gasteiger charge is -2.22. The zero-order valence-corrected chi connectivity index (χ0v) is 17.5. The largest absolute Gasteiger partial charge is 0.352 e. The highest BCUT2D eigenvalue weighted by Gasteiger charge is 2.07. The summed E-state index contributed by atoms with van der Waals surface area (Å²) in [5, 5.41) is 7.53. The van der Waals surface area contributed by atoms with E-state index in [-0.39, 0.29) is 29.8 Å². The molecule has 3 rings (SSSR count). The standard InChI is InChI=1S/C19H21FN6.HI/c1-21-19(25(2)14-15-4-6-17(20)7-5-15)23-13-16-8-10-22-18(12-16)26-11-3-9-24-26;/h3-12H,13-14H2,1-2H3,(H,21,23);1H. The SMILES string of the molecule is CN=C(NCc1ccnc(-n2cccn2)c1)N(C)Cc1ccc(F)cc1.I. The second-order valence-corrected chi connectivity index (χ2v) is 5.86. The topological polar surface area (TPSA) is 58.3 Å². The molecule has 0 aliphatic heterocycles. The van der Waals surface area contributed by atoms with Gasteiger partial charge in [-0.05, 0) is 41.5 Å². The van der Waals surface area contributed by atoms with Crippen molar-refractivity contribution < 1.29 is 4.39 Å². The average molecular weight is 480 g/mol. The van der Waals surface area contributed by atoms with Crippen LogP contribution in [0.4, 0.5) is 4.39 Å². The number of guanidine groups is 1. The first-order valence-corrected chi connectivity index (χ1v) is 8.27. The van der Waals surface area contributed by atoms with Crippen molar-refractivity contribution in [2.24, 2.45) is 4.99 Å². The molecule has 1 N–H and O–H groups in total. The molecule has 0 spiro atoms. The molecule has 142 valence electrons. The zero-order chi connectivity index (χ0) is 18.4. The third-order valence-electron chi connectivity index (χ3n) is 3.91. The lowest BCUT2D eigenvalue weighted by Crippen LogP contribution is -2.38. The van der Waals surface area contributed by atoms with Gasteiger partial charge < -0.3 is 10.2 Å². The van der Waals surface area contributed by atoms with Gasteiger partial charge >= 0.3 is 0 Å². The van der Waals surface area contributed by atoms with Crippen molar-refractivity contribution in [3.63, 3.8) is 0 Å². The predicted molar refractivity (Wildman–Crippen MR) is 115 cm³/mol. The number of rotatable bonds is 5. The van der Waals surface area contributed by atoms with Crippen molar-refractivity contribution in [3.8, 4) is 5.82 Å². The van der Waals surface area contributed by atoms with E-state index in [1.165, 1.54) is 12.1 Å². The molecule has 0 saturated carbocycles. The Kier molecular flexibility index (Phi) is 7.71. The maximum atomic E-state index is 13.0. The Morgan fingerprint density at radius 2 is 1.96 bits per heavy atom. The number of hydrogen-bond acceptors (Lipinski definition) is 3. The zero-order valence-electron chi connectivity index (χ0n) is 15.2. The van der Waals surface area contributed by atoms with Crippen molar-refractivity contribution in [2.75, 3.05) is 14.1 Å². The Bertz CT molecular complexity index is 864. The molecule has 8 heteroatoms. The summed E-state index contributed by atoms with van der Waals surface area (Å²) in [7, 11) is 3.69. The molecule has 0 unspecified atom stereocenters. The first kappa shape index (κ1) is 20.8. The van der Waals surface area contributed by atoms with Crippen LogP contribution < -0.4 is 5.32 Å². The Morgan fingerprint density at radius 1 is 1.19 bits per heavy atom. The van der Waals surface area contributed by atoms with E-state index in [4.69, 9.17) is 0 Å². The minimum Gasteiger partial charge on any atom is -0.352 e. The van der Waals surface area contributed by atoms with E-state index in [9.17, 15) is 4.39 Å². The summed E-state index contributed by atoms with van der Waals surface area (Å²) in [6.07, 6.45) is 5.34. The van der Waals surface area contributed by atoms with Crippen LogP contribution >= 0.6 is 24.0 Å². The molecule has 2 heterocycles. The molecular weight excluding hydrogens is 458 g/mol. The fraction of sp³-hybridized carbons (Fsp3) is 0.211. The quantitative estimate of drug-likeness (QED) is 0.346. The third kappa shape index (κ3) is 5.75. The second kappa shape index (κ2) is 10.0. The number of pyridine rings is 1. The van der Waals surface area contributed by atoms with Gasteiger partial charge in [0, 0.05) is 45.8 Å². The first-order chi connectivity index (χ1) is 12.7. The molecule has 6 nitrogen and oxygen atoms in total. The van der Waals surface area contributed by atoms with Gasteiger partial charge in [-0.3, -0.25) is 4.99 Å². The Hall–Kier alpha value is -2.49. The minimum atomic E-state index is -0.232. The third-order valence-corrected chi connectivity index (χ3v) is 3.91. The van der Waals surface area contributed by atoms with Gasteiger partial charge in [0.15, 0.2) is 11.8 Å². The Morgan fingerprint density at radius 3 is 2.63 bits per heavy atom. The summed E-state index contributed by atoms with van der Waals surface area (Å²) in [6.45, 7) is 1.24. The van der Waals surface area contributed by atoms with Crippen molar-refractivity contribution in [1.29, 1.82) is 0 Å². The van der Waals surface area contributed by atoms with Crippen molar-refractivity contribution in [3.05, 3.63) is 78.0 Å². The number of nitrogens with zero attached hydrogens (tertiary/aromatic N) is 5. The summed E-state index contributed by atoms with van der Waals surface area (Å²) in [4.78, 5) is 10.6. The average Bonchev–Trinajstić information content (AvgIpc) is 3.19. The first-order valence-electron chi connectivity index (χ1n) is 8.27. The summed E-state index contributed by atoms with van der Waals surface area (Å²) < 4.78 is 14.8. The van der Waals surface area contributed by atoms with Crippen LogP contribution in [-0.4, -0.2) is 39.7 Å². The molecule has 0 fully saturated rings. The van der Waals surface area contributed by atoms with Crippen LogP contribution in [0, 0.1) is 5.82 Å². The summed E-state index contributed by atoms with van der Waals surface area (Å²) in [5.74, 6) is 1.29. The molecule has 0 atom stereocenters. The van der Waals surface area contributed by atoms with E-state index in [0.29, 0.717) is 13.1 Å². The number of aromatic nitrogens is 3. The molecule has 3 aromatic rings. The summed E-state index contributed by atoms with van der Waals surface area (Å²) in [6, 6.07) is 12.3. The van der Waals surface area contributed by atoms with Crippen LogP contribution in [0.3, 0.4) is 0 Å². The molecular formula is C19H22FIN6. The van der Waals surface area contributed by atoms with Crippen LogP contribution in [-0.2, 0) is 13.1 Å². The van der Waals surface area contributed by atoms with Crippen molar-refractivity contribution in [2.45, 2.75) is 13.1 Å².